The van der Waals surface area contributed by atoms with Crippen LogP contribution in [0.2, 0.25) is 0 Å². The molecule has 0 aliphatic rings. The fourth-order valence-electron chi connectivity index (χ4n) is 1.39. The number of ether oxygens (including phenoxy) is 2. The predicted octanol–water partition coefficient (Wildman–Crippen LogP) is 2.69. The number of anilines is 1. The van der Waals surface area contributed by atoms with Gasteiger partial charge in [0.15, 0.2) is 0 Å². The monoisotopic (exact) mass is 237 g/mol. The summed E-state index contributed by atoms with van der Waals surface area (Å²) < 4.78 is 10.5. The van der Waals surface area contributed by atoms with Crippen molar-refractivity contribution in [3.63, 3.8) is 0 Å². The number of carbonyl (C=O) groups excluding carboxylic acids is 1. The van der Waals surface area contributed by atoms with E-state index in [-0.39, 0.29) is 11.6 Å². The Morgan fingerprint density at radius 2 is 1.94 bits per heavy atom. The van der Waals surface area contributed by atoms with Crippen molar-refractivity contribution in [2.75, 3.05) is 19.5 Å². The van der Waals surface area contributed by atoms with Gasteiger partial charge in [-0.1, -0.05) is 0 Å². The first-order valence-electron chi connectivity index (χ1n) is 5.46. The lowest BCUT2D eigenvalue weighted by atomic mass is 10.1. The third kappa shape index (κ3) is 3.66. The van der Waals surface area contributed by atoms with Crippen molar-refractivity contribution in [3.05, 3.63) is 23.8 Å². The molecule has 0 amide bonds. The summed E-state index contributed by atoms with van der Waals surface area (Å²) in [5, 5.41) is 3.03. The molecule has 0 heterocycles. The highest BCUT2D eigenvalue weighted by atomic mass is 16.5. The third-order valence-corrected chi connectivity index (χ3v) is 2.09. The van der Waals surface area contributed by atoms with Gasteiger partial charge < -0.3 is 14.8 Å². The van der Waals surface area contributed by atoms with Gasteiger partial charge in [-0.15, -0.1) is 0 Å². The number of carbonyl (C=O) groups is 1. The molecule has 17 heavy (non-hydrogen) atoms. The second-order valence-electron chi connectivity index (χ2n) is 4.67. The molecule has 0 fully saturated rings. The Labute approximate surface area is 102 Å². The van der Waals surface area contributed by atoms with Crippen LogP contribution in [0.5, 0.6) is 5.75 Å². The highest BCUT2D eigenvalue weighted by Gasteiger charge is 2.16. The van der Waals surface area contributed by atoms with Crippen LogP contribution in [0.1, 0.15) is 31.1 Å². The van der Waals surface area contributed by atoms with Gasteiger partial charge in [-0.3, -0.25) is 0 Å². The number of hydrogen-bond acceptors (Lipinski definition) is 4. The minimum Gasteiger partial charge on any atom is -0.486 e. The summed E-state index contributed by atoms with van der Waals surface area (Å²) in [6.45, 7) is 5.87. The van der Waals surface area contributed by atoms with Gasteiger partial charge in [-0.2, -0.15) is 0 Å². The molecule has 1 aromatic rings. The molecule has 1 rings (SSSR count). The molecule has 1 N–H and O–H groups in total. The van der Waals surface area contributed by atoms with Crippen LogP contribution in [0, 0.1) is 0 Å². The van der Waals surface area contributed by atoms with Crippen molar-refractivity contribution < 1.29 is 14.3 Å². The molecule has 94 valence electrons. The zero-order chi connectivity index (χ0) is 13.1. The van der Waals surface area contributed by atoms with E-state index >= 15 is 0 Å². The summed E-state index contributed by atoms with van der Waals surface area (Å²) in [4.78, 5) is 11.4. The first kappa shape index (κ1) is 13.4. The molecule has 0 radical (unpaired) electrons. The number of rotatable bonds is 3. The Morgan fingerprint density at radius 3 is 2.41 bits per heavy atom. The smallest absolute Gasteiger partial charge is 0.337 e. The molecule has 0 aromatic heterocycles. The van der Waals surface area contributed by atoms with Crippen LogP contribution < -0.4 is 10.1 Å². The van der Waals surface area contributed by atoms with Crippen molar-refractivity contribution >= 4 is 11.7 Å². The fraction of sp³-hybridized carbons (Fsp3) is 0.462. The SMILES string of the molecule is CNc1ccc(C(=O)OC)cc1OC(C)(C)C. The Morgan fingerprint density at radius 1 is 1.29 bits per heavy atom. The molecule has 1 aromatic carbocycles. The maximum absolute atomic E-state index is 11.4. The number of benzene rings is 1. The molecule has 0 saturated heterocycles. The molecule has 0 atom stereocenters. The van der Waals surface area contributed by atoms with E-state index in [9.17, 15) is 4.79 Å². The first-order chi connectivity index (χ1) is 7.87. The number of esters is 1. The maximum atomic E-state index is 11.4. The van der Waals surface area contributed by atoms with Crippen LogP contribution in [0.3, 0.4) is 0 Å². The highest BCUT2D eigenvalue weighted by Crippen LogP contribution is 2.29. The Bertz CT molecular complexity index is 408. The maximum Gasteiger partial charge on any atom is 0.337 e. The normalized spacial score (nSPS) is 10.9. The largest absolute Gasteiger partial charge is 0.486 e. The van der Waals surface area contributed by atoms with Crippen LogP contribution in [-0.4, -0.2) is 25.7 Å². The van der Waals surface area contributed by atoms with Crippen molar-refractivity contribution in [2.45, 2.75) is 26.4 Å². The molecule has 0 saturated carbocycles. The summed E-state index contributed by atoms with van der Waals surface area (Å²) in [5.74, 6) is 0.273. The molecular weight excluding hydrogens is 218 g/mol. The lowest BCUT2D eigenvalue weighted by molar-refractivity contribution is 0.0599. The van der Waals surface area contributed by atoms with Crippen LogP contribution in [0.4, 0.5) is 5.69 Å². The summed E-state index contributed by atoms with van der Waals surface area (Å²) in [6, 6.07) is 5.18. The quantitative estimate of drug-likeness (QED) is 0.821. The molecule has 4 heteroatoms. The van der Waals surface area contributed by atoms with Crippen LogP contribution in [0.25, 0.3) is 0 Å². The van der Waals surface area contributed by atoms with Crippen molar-refractivity contribution in [3.8, 4) is 5.75 Å². The van der Waals surface area contributed by atoms with Crippen LogP contribution >= 0.6 is 0 Å². The zero-order valence-electron chi connectivity index (χ0n) is 11.0. The van der Waals surface area contributed by atoms with E-state index in [1.54, 1.807) is 18.2 Å². The van der Waals surface area contributed by atoms with Crippen LogP contribution in [-0.2, 0) is 4.74 Å². The summed E-state index contributed by atoms with van der Waals surface area (Å²) in [7, 11) is 3.17. The summed E-state index contributed by atoms with van der Waals surface area (Å²) >= 11 is 0. The van der Waals surface area contributed by atoms with Gasteiger partial charge in [0, 0.05) is 7.05 Å². The predicted molar refractivity (Wildman–Crippen MR) is 67.7 cm³/mol. The van der Waals surface area contributed by atoms with Gasteiger partial charge in [0.2, 0.25) is 0 Å². The van der Waals surface area contributed by atoms with Crippen LogP contribution in [0.15, 0.2) is 18.2 Å². The van der Waals surface area contributed by atoms with E-state index < -0.39 is 0 Å². The van der Waals surface area contributed by atoms with Gasteiger partial charge in [0.05, 0.1) is 18.4 Å². The first-order valence-corrected chi connectivity index (χ1v) is 5.46. The summed E-state index contributed by atoms with van der Waals surface area (Å²) in [6.07, 6.45) is 0. The topological polar surface area (TPSA) is 47.6 Å². The Hall–Kier alpha value is -1.71. The van der Waals surface area contributed by atoms with E-state index in [0.29, 0.717) is 11.3 Å². The van der Waals surface area contributed by atoms with Gasteiger partial charge in [-0.05, 0) is 39.0 Å². The zero-order valence-corrected chi connectivity index (χ0v) is 11.0. The number of hydrogen-bond donors (Lipinski definition) is 1. The second kappa shape index (κ2) is 5.08. The minimum atomic E-state index is -0.369. The number of methoxy groups -OCH3 is 1. The molecule has 4 nitrogen and oxygen atoms in total. The van der Waals surface area contributed by atoms with E-state index in [1.165, 1.54) is 7.11 Å². The van der Waals surface area contributed by atoms with Crippen molar-refractivity contribution in [1.29, 1.82) is 0 Å². The molecule has 0 spiro atoms. The minimum absolute atomic E-state index is 0.319. The van der Waals surface area contributed by atoms with Gasteiger partial charge >= 0.3 is 5.97 Å². The van der Waals surface area contributed by atoms with Gasteiger partial charge in [-0.25, -0.2) is 4.79 Å². The van der Waals surface area contributed by atoms with E-state index in [4.69, 9.17) is 4.74 Å². The molecule has 0 bridgehead atoms. The molecular formula is C13H19NO3. The van der Waals surface area contributed by atoms with Crippen molar-refractivity contribution in [1.82, 2.24) is 0 Å². The van der Waals surface area contributed by atoms with Crippen molar-refractivity contribution in [2.24, 2.45) is 0 Å². The standard InChI is InChI=1S/C13H19NO3/c1-13(2,3)17-11-8-9(12(15)16-5)6-7-10(11)14-4/h6-8,14H,1-5H3. The molecule has 0 unspecified atom stereocenters. The second-order valence-corrected chi connectivity index (χ2v) is 4.67. The van der Waals surface area contributed by atoms with Gasteiger partial charge in [0.25, 0.3) is 0 Å². The molecule has 0 aliphatic carbocycles. The average molecular weight is 237 g/mol. The fourth-order valence-corrected chi connectivity index (χ4v) is 1.39. The Balaban J connectivity index is 3.11. The third-order valence-electron chi connectivity index (χ3n) is 2.09. The van der Waals surface area contributed by atoms with E-state index in [0.717, 1.165) is 5.69 Å². The van der Waals surface area contributed by atoms with E-state index in [1.807, 2.05) is 27.8 Å². The van der Waals surface area contributed by atoms with Gasteiger partial charge in [0.1, 0.15) is 11.4 Å². The number of nitrogens with one attached hydrogen (secondary N) is 1. The van der Waals surface area contributed by atoms with E-state index in [2.05, 4.69) is 10.1 Å². The lowest BCUT2D eigenvalue weighted by Crippen LogP contribution is -2.23. The highest BCUT2D eigenvalue weighted by molar-refractivity contribution is 5.90. The lowest BCUT2D eigenvalue weighted by Gasteiger charge is -2.23. The Kier molecular flexibility index (Phi) is 3.99. The summed E-state index contributed by atoms with van der Waals surface area (Å²) in [5.41, 5.74) is 0.999. The average Bonchev–Trinajstić information content (AvgIpc) is 2.25. The molecule has 0 aliphatic heterocycles.